The number of nitrogens with zero attached hydrogens (tertiary/aromatic N) is 2. The summed E-state index contributed by atoms with van der Waals surface area (Å²) < 4.78 is 23.2. The summed E-state index contributed by atoms with van der Waals surface area (Å²) in [6, 6.07) is 1.63. The van der Waals surface area contributed by atoms with E-state index in [1.807, 2.05) is 0 Å². The maximum absolute atomic E-state index is 11.5. The topological polar surface area (TPSA) is 69.0 Å². The van der Waals surface area contributed by atoms with E-state index in [1.54, 1.807) is 24.0 Å². The van der Waals surface area contributed by atoms with Gasteiger partial charge in [0.25, 0.3) is 0 Å². The van der Waals surface area contributed by atoms with Crippen LogP contribution in [0.5, 0.6) is 0 Å². The third-order valence-corrected chi connectivity index (χ3v) is 2.95. The van der Waals surface area contributed by atoms with Gasteiger partial charge in [-0.3, -0.25) is 9.48 Å². The lowest BCUT2D eigenvalue weighted by atomic mass is 10.2. The van der Waals surface area contributed by atoms with Crippen molar-refractivity contribution in [3.8, 4) is 0 Å². The second-order valence-corrected chi connectivity index (χ2v) is 5.79. The Kier molecular flexibility index (Phi) is 3.62. The van der Waals surface area contributed by atoms with E-state index in [0.29, 0.717) is 12.1 Å². The van der Waals surface area contributed by atoms with Gasteiger partial charge in [-0.25, -0.2) is 8.42 Å². The van der Waals surface area contributed by atoms with E-state index in [2.05, 4.69) is 5.10 Å². The number of aromatic nitrogens is 2. The Morgan fingerprint density at radius 2 is 2.20 bits per heavy atom. The van der Waals surface area contributed by atoms with Gasteiger partial charge in [0.1, 0.15) is 15.5 Å². The maximum atomic E-state index is 11.5. The summed E-state index contributed by atoms with van der Waals surface area (Å²) in [7, 11) is -1.25. The summed E-state index contributed by atoms with van der Waals surface area (Å²) in [6.45, 7) is 0. The maximum Gasteiger partial charge on any atom is 0.183 e. The fourth-order valence-corrected chi connectivity index (χ4v) is 1.86. The number of aryl methyl sites for hydroxylation is 1. The molecule has 0 N–H and O–H groups in total. The molecule has 1 aromatic rings. The van der Waals surface area contributed by atoms with Crippen molar-refractivity contribution in [3.05, 3.63) is 18.0 Å². The number of Topliss-reactive ketones (excluding diaryl/α,β-unsaturated/α-hetero) is 1. The predicted molar refractivity (Wildman–Crippen MR) is 56.5 cm³/mol. The zero-order valence-corrected chi connectivity index (χ0v) is 9.62. The molecule has 1 rings (SSSR count). The fraction of sp³-hybridized carbons (Fsp3) is 0.556. The largest absolute Gasteiger partial charge is 0.292 e. The summed E-state index contributed by atoms with van der Waals surface area (Å²) in [5.41, 5.74) is 0.394. The first-order chi connectivity index (χ1) is 6.88. The van der Waals surface area contributed by atoms with E-state index in [4.69, 9.17) is 0 Å². The molecular formula is C9H14N2O3S. The molecule has 5 nitrogen and oxygen atoms in total. The summed E-state index contributed by atoms with van der Waals surface area (Å²) in [4.78, 5) is 11.5. The van der Waals surface area contributed by atoms with Crippen molar-refractivity contribution in [2.24, 2.45) is 7.05 Å². The molecule has 0 aliphatic heterocycles. The van der Waals surface area contributed by atoms with Gasteiger partial charge in [-0.2, -0.15) is 5.10 Å². The van der Waals surface area contributed by atoms with Crippen molar-refractivity contribution in [2.45, 2.75) is 12.8 Å². The highest BCUT2D eigenvalue weighted by Crippen LogP contribution is 2.03. The Balaban J connectivity index is 2.44. The van der Waals surface area contributed by atoms with E-state index in [-0.39, 0.29) is 18.0 Å². The van der Waals surface area contributed by atoms with Gasteiger partial charge in [0.15, 0.2) is 5.78 Å². The molecule has 0 aliphatic rings. The molecule has 0 aromatic carbocycles. The Morgan fingerprint density at radius 1 is 1.53 bits per heavy atom. The highest BCUT2D eigenvalue weighted by molar-refractivity contribution is 7.90. The van der Waals surface area contributed by atoms with Gasteiger partial charge in [0.05, 0.1) is 5.75 Å². The fourth-order valence-electron chi connectivity index (χ4n) is 1.19. The second-order valence-electron chi connectivity index (χ2n) is 3.53. The third-order valence-electron chi connectivity index (χ3n) is 1.92. The molecule has 0 saturated heterocycles. The number of carbonyl (C=O) groups excluding carboxylic acids is 1. The lowest BCUT2D eigenvalue weighted by molar-refractivity contribution is 0.0976. The van der Waals surface area contributed by atoms with Crippen molar-refractivity contribution >= 4 is 15.6 Å². The van der Waals surface area contributed by atoms with Crippen LogP contribution in [0.4, 0.5) is 0 Å². The number of ketones is 1. The number of sulfone groups is 1. The monoisotopic (exact) mass is 230 g/mol. The van der Waals surface area contributed by atoms with Gasteiger partial charge < -0.3 is 0 Å². The minimum absolute atomic E-state index is 0.0472. The summed E-state index contributed by atoms with van der Waals surface area (Å²) in [5, 5.41) is 3.94. The van der Waals surface area contributed by atoms with E-state index >= 15 is 0 Å². The second kappa shape index (κ2) is 4.57. The molecule has 1 aromatic heterocycles. The third kappa shape index (κ3) is 4.24. The SMILES string of the molecule is Cn1ccc(C(=O)CCCS(C)(=O)=O)n1. The average Bonchev–Trinajstić information content (AvgIpc) is 2.49. The number of hydrogen-bond donors (Lipinski definition) is 0. The number of carbonyl (C=O) groups is 1. The van der Waals surface area contributed by atoms with Gasteiger partial charge in [-0.05, 0) is 12.5 Å². The highest BCUT2D eigenvalue weighted by atomic mass is 32.2. The predicted octanol–water partition coefficient (Wildman–Crippen LogP) is 0.428. The lowest BCUT2D eigenvalue weighted by Crippen LogP contribution is -2.07. The standard InChI is InChI=1S/C9H14N2O3S/c1-11-6-5-8(10-11)9(12)4-3-7-15(2,13)14/h5-6H,3-4,7H2,1-2H3. The molecule has 0 radical (unpaired) electrons. The van der Waals surface area contributed by atoms with E-state index in [9.17, 15) is 13.2 Å². The minimum atomic E-state index is -2.97. The molecule has 0 fully saturated rings. The Morgan fingerprint density at radius 3 is 2.67 bits per heavy atom. The van der Waals surface area contributed by atoms with Crippen LogP contribution in [0.3, 0.4) is 0 Å². The summed E-state index contributed by atoms with van der Waals surface area (Å²) in [5.74, 6) is -0.0646. The first kappa shape index (κ1) is 11.9. The summed E-state index contributed by atoms with van der Waals surface area (Å²) in [6.07, 6.45) is 3.43. The van der Waals surface area contributed by atoms with Crippen LogP contribution < -0.4 is 0 Å². The number of hydrogen-bond acceptors (Lipinski definition) is 4. The van der Waals surface area contributed by atoms with Crippen LogP contribution in [0.1, 0.15) is 23.3 Å². The molecule has 6 heteroatoms. The van der Waals surface area contributed by atoms with Gasteiger partial charge in [0.2, 0.25) is 0 Å². The van der Waals surface area contributed by atoms with Crippen LogP contribution in [-0.2, 0) is 16.9 Å². The molecule has 1 heterocycles. The molecule has 0 bridgehead atoms. The lowest BCUT2D eigenvalue weighted by Gasteiger charge is -1.97. The number of rotatable bonds is 5. The smallest absolute Gasteiger partial charge is 0.183 e. The van der Waals surface area contributed by atoms with Crippen molar-refractivity contribution in [1.82, 2.24) is 9.78 Å². The van der Waals surface area contributed by atoms with Crippen molar-refractivity contribution < 1.29 is 13.2 Å². The zero-order chi connectivity index (χ0) is 11.5. The molecule has 0 amide bonds. The van der Waals surface area contributed by atoms with Gasteiger partial charge in [-0.1, -0.05) is 0 Å². The molecule has 0 aliphatic carbocycles. The van der Waals surface area contributed by atoms with Crippen molar-refractivity contribution in [2.75, 3.05) is 12.0 Å². The zero-order valence-electron chi connectivity index (χ0n) is 8.80. The molecule has 0 spiro atoms. The van der Waals surface area contributed by atoms with Gasteiger partial charge in [0, 0.05) is 25.9 Å². The minimum Gasteiger partial charge on any atom is -0.292 e. The average molecular weight is 230 g/mol. The van der Waals surface area contributed by atoms with E-state index < -0.39 is 9.84 Å². The highest BCUT2D eigenvalue weighted by Gasteiger charge is 2.10. The molecule has 84 valence electrons. The normalized spacial score (nSPS) is 11.6. The van der Waals surface area contributed by atoms with Crippen molar-refractivity contribution in [3.63, 3.8) is 0 Å². The van der Waals surface area contributed by atoms with Gasteiger partial charge >= 0.3 is 0 Å². The van der Waals surface area contributed by atoms with Crippen LogP contribution in [0.15, 0.2) is 12.3 Å². The first-order valence-corrected chi connectivity index (χ1v) is 6.65. The Hall–Kier alpha value is -1.17. The summed E-state index contributed by atoms with van der Waals surface area (Å²) >= 11 is 0. The van der Waals surface area contributed by atoms with Gasteiger partial charge in [-0.15, -0.1) is 0 Å². The van der Waals surface area contributed by atoms with Crippen LogP contribution in [0.25, 0.3) is 0 Å². The molecule has 0 atom stereocenters. The van der Waals surface area contributed by atoms with E-state index in [0.717, 1.165) is 6.26 Å². The van der Waals surface area contributed by atoms with Crippen molar-refractivity contribution in [1.29, 1.82) is 0 Å². The Labute approximate surface area is 89.0 Å². The molecular weight excluding hydrogens is 216 g/mol. The molecule has 0 saturated carbocycles. The van der Waals surface area contributed by atoms with Crippen LogP contribution in [0.2, 0.25) is 0 Å². The van der Waals surface area contributed by atoms with Crippen LogP contribution in [-0.4, -0.2) is 36.0 Å². The van der Waals surface area contributed by atoms with Crippen LogP contribution in [0, 0.1) is 0 Å². The Bertz CT molecular complexity index is 448. The quantitative estimate of drug-likeness (QED) is 0.688. The van der Waals surface area contributed by atoms with E-state index in [1.165, 1.54) is 0 Å². The van der Waals surface area contributed by atoms with Crippen LogP contribution >= 0.6 is 0 Å². The first-order valence-electron chi connectivity index (χ1n) is 4.59. The molecule has 15 heavy (non-hydrogen) atoms. The molecule has 0 unspecified atom stereocenters.